The highest BCUT2D eigenvalue weighted by Gasteiger charge is 2.11. The second-order valence-corrected chi connectivity index (χ2v) is 5.39. The molecule has 0 fully saturated rings. The molecule has 0 aliphatic rings. The topological polar surface area (TPSA) is 43.4 Å². The Hall–Kier alpha value is -0.220. The highest BCUT2D eigenvalue weighted by Crippen LogP contribution is 2.22. The molecule has 0 aliphatic heterocycles. The van der Waals surface area contributed by atoms with Crippen LogP contribution in [0.25, 0.3) is 0 Å². The average molecular weight is 267 g/mol. The van der Waals surface area contributed by atoms with Gasteiger partial charge in [0, 0.05) is 24.5 Å². The van der Waals surface area contributed by atoms with Crippen LogP contribution in [0.4, 0.5) is 0 Å². The number of unbranched alkanes of at least 4 members (excludes halogenated alkanes) is 1. The zero-order valence-electron chi connectivity index (χ0n) is 9.83. The fourth-order valence-electron chi connectivity index (χ4n) is 1.36. The van der Waals surface area contributed by atoms with Gasteiger partial charge in [0.05, 0.1) is 7.11 Å². The number of hydrogen-bond donors (Lipinski definition) is 0. The highest BCUT2D eigenvalue weighted by atomic mass is 35.5. The molecule has 0 spiro atoms. The van der Waals surface area contributed by atoms with Crippen LogP contribution in [0.15, 0.2) is 0 Å². The number of methoxy groups -OCH3 is 1. The summed E-state index contributed by atoms with van der Waals surface area (Å²) in [7, 11) is 1.39. The van der Waals surface area contributed by atoms with E-state index in [2.05, 4.69) is 4.74 Å². The van der Waals surface area contributed by atoms with E-state index in [1.165, 1.54) is 18.9 Å². The first-order valence-corrected chi connectivity index (χ1v) is 6.81. The number of carbonyl (C=O) groups excluding carboxylic acids is 2. The van der Waals surface area contributed by atoms with Crippen LogP contribution in [0.5, 0.6) is 0 Å². The van der Waals surface area contributed by atoms with Crippen molar-refractivity contribution in [3.05, 3.63) is 0 Å². The minimum absolute atomic E-state index is 0.128. The van der Waals surface area contributed by atoms with Gasteiger partial charge in [-0.25, -0.2) is 0 Å². The van der Waals surface area contributed by atoms with Crippen LogP contribution in [-0.2, 0) is 14.3 Å². The molecular formula is C11H19ClO3S. The SMILES string of the molecule is COC(=O)CCCCC(CCCl)SC(C)=O. The van der Waals surface area contributed by atoms with Crippen molar-refractivity contribution in [1.82, 2.24) is 0 Å². The molecule has 0 bridgehead atoms. The Morgan fingerprint density at radius 2 is 2.00 bits per heavy atom. The summed E-state index contributed by atoms with van der Waals surface area (Å²) in [4.78, 5) is 21.8. The molecule has 94 valence electrons. The van der Waals surface area contributed by atoms with Gasteiger partial charge in [-0.2, -0.15) is 0 Å². The van der Waals surface area contributed by atoms with Crippen molar-refractivity contribution in [2.45, 2.75) is 44.3 Å². The molecule has 0 aromatic rings. The van der Waals surface area contributed by atoms with Crippen molar-refractivity contribution in [3.8, 4) is 0 Å². The van der Waals surface area contributed by atoms with E-state index in [1.54, 1.807) is 6.92 Å². The fraction of sp³-hybridized carbons (Fsp3) is 0.818. The van der Waals surface area contributed by atoms with E-state index >= 15 is 0 Å². The largest absolute Gasteiger partial charge is 0.469 e. The van der Waals surface area contributed by atoms with Gasteiger partial charge in [-0.05, 0) is 19.3 Å². The van der Waals surface area contributed by atoms with Crippen LogP contribution in [0.2, 0.25) is 0 Å². The number of carbonyl (C=O) groups is 2. The van der Waals surface area contributed by atoms with Gasteiger partial charge in [0.15, 0.2) is 5.12 Å². The summed E-state index contributed by atoms with van der Waals surface area (Å²) in [5, 5.41) is 0.413. The number of halogens is 1. The smallest absolute Gasteiger partial charge is 0.305 e. The molecule has 0 heterocycles. The molecule has 5 heteroatoms. The monoisotopic (exact) mass is 266 g/mol. The molecule has 0 aliphatic carbocycles. The minimum atomic E-state index is -0.173. The molecule has 0 radical (unpaired) electrons. The van der Waals surface area contributed by atoms with Crippen molar-refractivity contribution < 1.29 is 14.3 Å². The van der Waals surface area contributed by atoms with Gasteiger partial charge < -0.3 is 4.74 Å². The van der Waals surface area contributed by atoms with Gasteiger partial charge in [0.1, 0.15) is 0 Å². The Morgan fingerprint density at radius 1 is 1.31 bits per heavy atom. The van der Waals surface area contributed by atoms with Crippen LogP contribution in [0.3, 0.4) is 0 Å². The second kappa shape index (κ2) is 9.97. The number of rotatable bonds is 8. The minimum Gasteiger partial charge on any atom is -0.469 e. The van der Waals surface area contributed by atoms with Crippen molar-refractivity contribution in [1.29, 1.82) is 0 Å². The van der Waals surface area contributed by atoms with Gasteiger partial charge in [0.25, 0.3) is 0 Å². The summed E-state index contributed by atoms with van der Waals surface area (Å²) in [6.07, 6.45) is 3.95. The predicted molar refractivity (Wildman–Crippen MR) is 67.9 cm³/mol. The van der Waals surface area contributed by atoms with Crippen LogP contribution in [-0.4, -0.2) is 29.3 Å². The molecule has 0 amide bonds. The predicted octanol–water partition coefficient (Wildman–Crippen LogP) is 3.00. The van der Waals surface area contributed by atoms with Crippen molar-refractivity contribution in [2.24, 2.45) is 0 Å². The molecule has 1 atom stereocenters. The summed E-state index contributed by atoms with van der Waals surface area (Å²) < 4.78 is 4.55. The van der Waals surface area contributed by atoms with Crippen molar-refractivity contribution in [2.75, 3.05) is 13.0 Å². The quantitative estimate of drug-likeness (QED) is 0.385. The molecule has 0 aromatic heterocycles. The van der Waals surface area contributed by atoms with E-state index in [4.69, 9.17) is 11.6 Å². The second-order valence-electron chi connectivity index (χ2n) is 3.53. The van der Waals surface area contributed by atoms with Gasteiger partial charge in [-0.1, -0.05) is 18.2 Å². The van der Waals surface area contributed by atoms with Gasteiger partial charge in [-0.3, -0.25) is 9.59 Å². The molecule has 1 unspecified atom stereocenters. The summed E-state index contributed by atoms with van der Waals surface area (Å²) in [6.45, 7) is 1.57. The number of alkyl halides is 1. The third-order valence-electron chi connectivity index (χ3n) is 2.15. The molecule has 0 rings (SSSR count). The molecule has 0 aromatic carbocycles. The van der Waals surface area contributed by atoms with Crippen LogP contribution >= 0.6 is 23.4 Å². The van der Waals surface area contributed by atoms with Crippen LogP contribution in [0, 0.1) is 0 Å². The summed E-state index contributed by atoms with van der Waals surface area (Å²) >= 11 is 7.02. The van der Waals surface area contributed by atoms with Crippen molar-refractivity contribution in [3.63, 3.8) is 0 Å². The lowest BCUT2D eigenvalue weighted by atomic mass is 10.1. The Morgan fingerprint density at radius 3 is 2.50 bits per heavy atom. The Balaban J connectivity index is 3.67. The summed E-state index contributed by atoms with van der Waals surface area (Å²) in [5.41, 5.74) is 0. The summed E-state index contributed by atoms with van der Waals surface area (Å²) in [5.74, 6) is 0.398. The fourth-order valence-corrected chi connectivity index (χ4v) is 2.74. The highest BCUT2D eigenvalue weighted by molar-refractivity contribution is 8.14. The zero-order valence-corrected chi connectivity index (χ0v) is 11.4. The standard InChI is InChI=1S/C11H19ClO3S/c1-9(13)16-10(7-8-12)5-3-4-6-11(14)15-2/h10H,3-8H2,1-2H3. The van der Waals surface area contributed by atoms with Crippen LogP contribution in [0.1, 0.15) is 39.0 Å². The third-order valence-corrected chi connectivity index (χ3v) is 3.50. The Kier molecular flexibility index (Phi) is 9.83. The first kappa shape index (κ1) is 15.8. The van der Waals surface area contributed by atoms with Crippen molar-refractivity contribution >= 4 is 34.4 Å². The first-order valence-electron chi connectivity index (χ1n) is 5.40. The average Bonchev–Trinajstić information content (AvgIpc) is 2.23. The maximum atomic E-state index is 11.0. The number of ether oxygens (including phenoxy) is 1. The molecule has 16 heavy (non-hydrogen) atoms. The van der Waals surface area contributed by atoms with E-state index in [9.17, 15) is 9.59 Å². The number of thioether (sulfide) groups is 1. The van der Waals surface area contributed by atoms with Gasteiger partial charge in [0.2, 0.25) is 0 Å². The molecule has 0 N–H and O–H groups in total. The normalized spacial score (nSPS) is 12.2. The molecular weight excluding hydrogens is 248 g/mol. The molecule has 3 nitrogen and oxygen atoms in total. The maximum Gasteiger partial charge on any atom is 0.305 e. The third kappa shape index (κ3) is 9.04. The van der Waals surface area contributed by atoms with E-state index in [-0.39, 0.29) is 16.3 Å². The molecule has 0 saturated carbocycles. The summed E-state index contributed by atoms with van der Waals surface area (Å²) in [6, 6.07) is 0. The number of esters is 1. The van der Waals surface area contributed by atoms with E-state index in [0.29, 0.717) is 12.3 Å². The van der Waals surface area contributed by atoms with E-state index < -0.39 is 0 Å². The van der Waals surface area contributed by atoms with Crippen LogP contribution < -0.4 is 0 Å². The Bertz CT molecular complexity index is 221. The lowest BCUT2D eigenvalue weighted by Gasteiger charge is -2.12. The lowest BCUT2D eigenvalue weighted by molar-refractivity contribution is -0.140. The first-order chi connectivity index (χ1) is 7.60. The maximum absolute atomic E-state index is 11.0. The molecule has 0 saturated heterocycles. The van der Waals surface area contributed by atoms with E-state index in [1.807, 2.05) is 0 Å². The lowest BCUT2D eigenvalue weighted by Crippen LogP contribution is -2.07. The Labute approximate surface area is 106 Å². The number of hydrogen-bond acceptors (Lipinski definition) is 4. The van der Waals surface area contributed by atoms with E-state index in [0.717, 1.165) is 25.7 Å². The van der Waals surface area contributed by atoms with Gasteiger partial charge >= 0.3 is 5.97 Å². The van der Waals surface area contributed by atoms with Gasteiger partial charge in [-0.15, -0.1) is 11.6 Å². The zero-order chi connectivity index (χ0) is 12.4.